The fourth-order valence-corrected chi connectivity index (χ4v) is 2.70. The molecule has 0 aromatic heterocycles. The molecule has 3 unspecified atom stereocenters. The van der Waals surface area contributed by atoms with Crippen LogP contribution in [-0.4, -0.2) is 36.5 Å². The van der Waals surface area contributed by atoms with E-state index in [4.69, 9.17) is 0 Å². The van der Waals surface area contributed by atoms with E-state index < -0.39 is 0 Å². The van der Waals surface area contributed by atoms with E-state index in [1.165, 1.54) is 19.3 Å². The second-order valence-electron chi connectivity index (χ2n) is 4.64. The number of hydrogen-bond donors (Lipinski definition) is 1. The third-order valence-corrected chi connectivity index (χ3v) is 3.61. The van der Waals surface area contributed by atoms with Crippen LogP contribution in [0.25, 0.3) is 0 Å². The smallest absolute Gasteiger partial charge is 0.226 e. The van der Waals surface area contributed by atoms with E-state index in [2.05, 4.69) is 10.2 Å². The van der Waals surface area contributed by atoms with Crippen LogP contribution in [0.2, 0.25) is 0 Å². The van der Waals surface area contributed by atoms with Crippen LogP contribution in [0, 0.1) is 11.8 Å². The van der Waals surface area contributed by atoms with Gasteiger partial charge in [-0.05, 0) is 31.7 Å². The van der Waals surface area contributed by atoms with Crippen LogP contribution in [0.5, 0.6) is 0 Å². The number of carbonyl (C=O) groups excluding carboxylic acids is 1. The number of nitrogens with zero attached hydrogens (tertiary/aromatic N) is 1. The number of nitrogens with one attached hydrogen (secondary N) is 1. The largest absolute Gasteiger partial charge is 0.341 e. The Morgan fingerprint density at radius 2 is 2.46 bits per heavy atom. The SMILES string of the molecule is O=C1C2CC2CN1CC1CCCN1. The first-order chi connectivity index (χ1) is 6.34. The molecule has 3 fully saturated rings. The molecule has 3 atom stereocenters. The molecule has 1 N–H and O–H groups in total. The number of piperidine rings is 1. The summed E-state index contributed by atoms with van der Waals surface area (Å²) in [6, 6.07) is 0.585. The van der Waals surface area contributed by atoms with Gasteiger partial charge >= 0.3 is 0 Å². The Hall–Kier alpha value is -0.570. The van der Waals surface area contributed by atoms with Crippen molar-refractivity contribution in [2.45, 2.75) is 25.3 Å². The minimum Gasteiger partial charge on any atom is -0.341 e. The number of carbonyl (C=O) groups is 1. The zero-order valence-corrected chi connectivity index (χ0v) is 7.83. The Bertz CT molecular complexity index is 235. The third-order valence-electron chi connectivity index (χ3n) is 3.61. The lowest BCUT2D eigenvalue weighted by atomic mass is 10.2. The molecule has 1 aliphatic carbocycles. The van der Waals surface area contributed by atoms with Gasteiger partial charge in [-0.3, -0.25) is 4.79 Å². The monoisotopic (exact) mass is 180 g/mol. The Labute approximate surface area is 78.5 Å². The molecular formula is C10H16N2O. The van der Waals surface area contributed by atoms with Gasteiger partial charge in [0.2, 0.25) is 5.91 Å². The van der Waals surface area contributed by atoms with Crippen molar-refractivity contribution in [3.8, 4) is 0 Å². The maximum Gasteiger partial charge on any atom is 0.226 e. The molecule has 3 aliphatic rings. The van der Waals surface area contributed by atoms with Crippen molar-refractivity contribution in [2.24, 2.45) is 11.8 Å². The summed E-state index contributed by atoms with van der Waals surface area (Å²) in [5.74, 6) is 1.59. The second kappa shape index (κ2) is 2.71. The van der Waals surface area contributed by atoms with Crippen molar-refractivity contribution in [3.63, 3.8) is 0 Å². The minimum atomic E-state index is 0.429. The predicted molar refractivity (Wildman–Crippen MR) is 49.2 cm³/mol. The van der Waals surface area contributed by atoms with Crippen molar-refractivity contribution in [3.05, 3.63) is 0 Å². The van der Waals surface area contributed by atoms with Crippen LogP contribution in [-0.2, 0) is 4.79 Å². The highest BCUT2D eigenvalue weighted by atomic mass is 16.2. The molecule has 3 rings (SSSR count). The van der Waals surface area contributed by atoms with Crippen LogP contribution in [0.1, 0.15) is 19.3 Å². The van der Waals surface area contributed by atoms with Gasteiger partial charge in [-0.1, -0.05) is 0 Å². The lowest BCUT2D eigenvalue weighted by Gasteiger charge is -2.22. The van der Waals surface area contributed by atoms with Gasteiger partial charge < -0.3 is 10.2 Å². The van der Waals surface area contributed by atoms with Gasteiger partial charge in [-0.25, -0.2) is 0 Å². The first-order valence-corrected chi connectivity index (χ1v) is 5.37. The first kappa shape index (κ1) is 7.80. The van der Waals surface area contributed by atoms with Gasteiger partial charge in [0.15, 0.2) is 0 Å². The molecule has 72 valence electrons. The molecule has 2 heterocycles. The number of likely N-dealkylation sites (tertiary alicyclic amines) is 1. The summed E-state index contributed by atoms with van der Waals surface area (Å²) in [4.78, 5) is 13.7. The summed E-state index contributed by atoms with van der Waals surface area (Å²) in [5.41, 5.74) is 0. The molecular weight excluding hydrogens is 164 g/mol. The standard InChI is InChI=1S/C10H16N2O/c13-10-9-4-7(9)5-12(10)6-8-2-1-3-11-8/h7-9,11H,1-6H2. The maximum atomic E-state index is 11.6. The summed E-state index contributed by atoms with van der Waals surface area (Å²) in [5, 5.41) is 3.44. The lowest BCUT2D eigenvalue weighted by molar-refractivity contribution is -0.130. The van der Waals surface area contributed by atoms with E-state index in [-0.39, 0.29) is 0 Å². The molecule has 1 amide bonds. The Morgan fingerprint density at radius 1 is 1.54 bits per heavy atom. The lowest BCUT2D eigenvalue weighted by Crippen LogP contribution is -2.39. The molecule has 0 bridgehead atoms. The molecule has 0 radical (unpaired) electrons. The van der Waals surface area contributed by atoms with E-state index >= 15 is 0 Å². The normalized spacial score (nSPS) is 42.6. The minimum absolute atomic E-state index is 0.429. The molecule has 3 heteroatoms. The Kier molecular flexibility index (Phi) is 1.62. The molecule has 0 aromatic carbocycles. The number of amides is 1. The van der Waals surface area contributed by atoms with E-state index in [0.717, 1.165) is 25.6 Å². The van der Waals surface area contributed by atoms with E-state index in [1.54, 1.807) is 0 Å². The first-order valence-electron chi connectivity index (χ1n) is 5.37. The second-order valence-corrected chi connectivity index (χ2v) is 4.64. The summed E-state index contributed by atoms with van der Waals surface area (Å²) in [6.07, 6.45) is 3.70. The molecule has 2 saturated heterocycles. The van der Waals surface area contributed by atoms with Gasteiger partial charge in [0.05, 0.1) is 0 Å². The zero-order valence-electron chi connectivity index (χ0n) is 7.83. The number of hydrogen-bond acceptors (Lipinski definition) is 2. The predicted octanol–water partition coefficient (Wildman–Crippen LogP) is 0.217. The zero-order chi connectivity index (χ0) is 8.84. The van der Waals surface area contributed by atoms with Crippen molar-refractivity contribution >= 4 is 5.91 Å². The maximum absolute atomic E-state index is 11.6. The van der Waals surface area contributed by atoms with Crippen molar-refractivity contribution in [1.82, 2.24) is 10.2 Å². The topological polar surface area (TPSA) is 32.3 Å². The molecule has 3 nitrogen and oxygen atoms in total. The highest BCUT2D eigenvalue weighted by Crippen LogP contribution is 2.45. The molecule has 0 aromatic rings. The average molecular weight is 180 g/mol. The van der Waals surface area contributed by atoms with Crippen LogP contribution in [0.3, 0.4) is 0 Å². The van der Waals surface area contributed by atoms with Gasteiger partial charge in [0.25, 0.3) is 0 Å². The quantitative estimate of drug-likeness (QED) is 0.659. The number of fused-ring (bicyclic) bond motifs is 1. The summed E-state index contributed by atoms with van der Waals surface area (Å²) < 4.78 is 0. The van der Waals surface area contributed by atoms with Crippen molar-refractivity contribution in [2.75, 3.05) is 19.6 Å². The van der Waals surface area contributed by atoms with Gasteiger partial charge in [-0.2, -0.15) is 0 Å². The van der Waals surface area contributed by atoms with Gasteiger partial charge in [0.1, 0.15) is 0 Å². The van der Waals surface area contributed by atoms with E-state index in [9.17, 15) is 4.79 Å². The molecule has 2 aliphatic heterocycles. The summed E-state index contributed by atoms with van der Waals surface area (Å²) in [6.45, 7) is 3.15. The van der Waals surface area contributed by atoms with Crippen LogP contribution in [0.4, 0.5) is 0 Å². The highest BCUT2D eigenvalue weighted by molar-refractivity contribution is 5.84. The van der Waals surface area contributed by atoms with E-state index in [0.29, 0.717) is 17.9 Å². The van der Waals surface area contributed by atoms with Crippen molar-refractivity contribution < 1.29 is 4.79 Å². The molecule has 1 saturated carbocycles. The summed E-state index contributed by atoms with van der Waals surface area (Å²) in [7, 11) is 0. The summed E-state index contributed by atoms with van der Waals surface area (Å²) >= 11 is 0. The molecule has 0 spiro atoms. The van der Waals surface area contributed by atoms with Gasteiger partial charge in [-0.15, -0.1) is 0 Å². The number of rotatable bonds is 2. The fraction of sp³-hybridized carbons (Fsp3) is 0.900. The molecule has 13 heavy (non-hydrogen) atoms. The fourth-order valence-electron chi connectivity index (χ4n) is 2.70. The third kappa shape index (κ3) is 1.26. The van der Waals surface area contributed by atoms with Crippen LogP contribution >= 0.6 is 0 Å². The average Bonchev–Trinajstić information content (AvgIpc) is 2.55. The van der Waals surface area contributed by atoms with E-state index in [1.807, 2.05) is 0 Å². The highest BCUT2D eigenvalue weighted by Gasteiger charge is 2.52. The van der Waals surface area contributed by atoms with Crippen LogP contribution < -0.4 is 5.32 Å². The van der Waals surface area contributed by atoms with Gasteiger partial charge in [0, 0.05) is 25.0 Å². The Balaban J connectivity index is 1.58. The van der Waals surface area contributed by atoms with Crippen LogP contribution in [0.15, 0.2) is 0 Å². The van der Waals surface area contributed by atoms with Crippen molar-refractivity contribution in [1.29, 1.82) is 0 Å². The Morgan fingerprint density at radius 3 is 3.08 bits per heavy atom.